The molecule has 2 rings (SSSR count). The number of rotatable bonds is 2. The van der Waals surface area contributed by atoms with Crippen molar-refractivity contribution in [2.75, 3.05) is 0 Å². The quantitative estimate of drug-likeness (QED) is 0.823. The first kappa shape index (κ1) is 10.7. The van der Waals surface area contributed by atoms with Crippen molar-refractivity contribution in [1.82, 2.24) is 15.0 Å². The van der Waals surface area contributed by atoms with Crippen molar-refractivity contribution >= 4 is 0 Å². The van der Waals surface area contributed by atoms with Gasteiger partial charge in [0.05, 0.1) is 17.9 Å². The highest BCUT2D eigenvalue weighted by molar-refractivity contribution is 5.28. The summed E-state index contributed by atoms with van der Waals surface area (Å²) in [6.45, 7) is 3.92. The van der Waals surface area contributed by atoms with Crippen LogP contribution in [0.2, 0.25) is 0 Å². The van der Waals surface area contributed by atoms with E-state index in [-0.39, 0.29) is 6.04 Å². The molecule has 0 saturated heterocycles. The first-order valence-electron chi connectivity index (χ1n) is 5.13. The molecule has 1 unspecified atom stereocenters. The van der Waals surface area contributed by atoms with E-state index in [2.05, 4.69) is 15.0 Å². The van der Waals surface area contributed by atoms with Crippen LogP contribution in [0, 0.1) is 13.8 Å². The maximum Gasteiger partial charge on any atom is 0.0799 e. The summed E-state index contributed by atoms with van der Waals surface area (Å²) in [5.74, 6) is 0. The van der Waals surface area contributed by atoms with E-state index < -0.39 is 0 Å². The molecule has 0 bridgehead atoms. The third-order valence-electron chi connectivity index (χ3n) is 2.36. The predicted octanol–water partition coefficient (Wildman–Crippen LogP) is 1.54. The van der Waals surface area contributed by atoms with Crippen molar-refractivity contribution in [1.29, 1.82) is 0 Å². The molecule has 0 aromatic carbocycles. The van der Waals surface area contributed by atoms with Crippen LogP contribution in [0.4, 0.5) is 0 Å². The van der Waals surface area contributed by atoms with Gasteiger partial charge in [-0.25, -0.2) is 0 Å². The van der Waals surface area contributed by atoms with Gasteiger partial charge in [0.25, 0.3) is 0 Å². The lowest BCUT2D eigenvalue weighted by Gasteiger charge is -2.12. The number of nitrogens with zero attached hydrogens (tertiary/aromatic N) is 3. The molecule has 0 fully saturated rings. The molecular formula is C12H14N4. The van der Waals surface area contributed by atoms with Gasteiger partial charge in [-0.3, -0.25) is 15.0 Å². The van der Waals surface area contributed by atoms with Gasteiger partial charge in [0.1, 0.15) is 0 Å². The molecule has 0 aliphatic heterocycles. The summed E-state index contributed by atoms with van der Waals surface area (Å²) in [4.78, 5) is 12.5. The smallest absolute Gasteiger partial charge is 0.0799 e. The van der Waals surface area contributed by atoms with Gasteiger partial charge in [-0.2, -0.15) is 0 Å². The van der Waals surface area contributed by atoms with Crippen molar-refractivity contribution in [2.24, 2.45) is 5.73 Å². The normalized spacial score (nSPS) is 12.4. The van der Waals surface area contributed by atoms with Gasteiger partial charge in [-0.15, -0.1) is 0 Å². The third-order valence-corrected chi connectivity index (χ3v) is 2.36. The molecule has 0 aliphatic carbocycles. The highest BCUT2D eigenvalue weighted by atomic mass is 14.8. The zero-order chi connectivity index (χ0) is 11.5. The fourth-order valence-corrected chi connectivity index (χ4v) is 1.69. The van der Waals surface area contributed by atoms with Crippen LogP contribution in [-0.2, 0) is 0 Å². The molecule has 0 radical (unpaired) electrons. The first-order chi connectivity index (χ1) is 7.66. The largest absolute Gasteiger partial charge is 0.319 e. The van der Waals surface area contributed by atoms with Crippen LogP contribution in [0.5, 0.6) is 0 Å². The zero-order valence-corrected chi connectivity index (χ0v) is 9.38. The first-order valence-corrected chi connectivity index (χ1v) is 5.13. The van der Waals surface area contributed by atoms with Crippen LogP contribution >= 0.6 is 0 Å². The van der Waals surface area contributed by atoms with Crippen LogP contribution in [-0.4, -0.2) is 15.0 Å². The van der Waals surface area contributed by atoms with Gasteiger partial charge in [0.15, 0.2) is 0 Å². The van der Waals surface area contributed by atoms with E-state index in [1.807, 2.05) is 26.0 Å². The van der Waals surface area contributed by atoms with E-state index in [1.54, 1.807) is 18.6 Å². The number of hydrogen-bond acceptors (Lipinski definition) is 4. The van der Waals surface area contributed by atoms with Crippen LogP contribution in [0.15, 0.2) is 30.7 Å². The van der Waals surface area contributed by atoms with E-state index >= 15 is 0 Å². The summed E-state index contributed by atoms with van der Waals surface area (Å²) < 4.78 is 0. The Labute approximate surface area is 94.6 Å². The SMILES string of the molecule is Cc1cc(C(N)c2cnccn2)cc(C)n1. The van der Waals surface area contributed by atoms with Crippen LogP contribution in [0.25, 0.3) is 0 Å². The maximum absolute atomic E-state index is 6.12. The summed E-state index contributed by atoms with van der Waals surface area (Å²) in [5, 5.41) is 0. The minimum absolute atomic E-state index is 0.242. The third kappa shape index (κ3) is 2.23. The highest BCUT2D eigenvalue weighted by Gasteiger charge is 2.11. The van der Waals surface area contributed by atoms with Crippen molar-refractivity contribution < 1.29 is 0 Å². The minimum Gasteiger partial charge on any atom is -0.319 e. The molecule has 2 aromatic rings. The lowest BCUT2D eigenvalue weighted by atomic mass is 10.0. The molecule has 4 nitrogen and oxygen atoms in total. The molecule has 0 saturated carbocycles. The molecule has 82 valence electrons. The Balaban J connectivity index is 2.37. The lowest BCUT2D eigenvalue weighted by molar-refractivity contribution is 0.810. The predicted molar refractivity (Wildman–Crippen MR) is 61.8 cm³/mol. The summed E-state index contributed by atoms with van der Waals surface area (Å²) >= 11 is 0. The van der Waals surface area contributed by atoms with Crippen molar-refractivity contribution in [2.45, 2.75) is 19.9 Å². The second kappa shape index (κ2) is 4.37. The van der Waals surface area contributed by atoms with Gasteiger partial charge in [-0.1, -0.05) is 0 Å². The van der Waals surface area contributed by atoms with Crippen LogP contribution in [0.1, 0.15) is 28.7 Å². The Hall–Kier alpha value is -1.81. The fraction of sp³-hybridized carbons (Fsp3) is 0.250. The van der Waals surface area contributed by atoms with Gasteiger partial charge in [0.2, 0.25) is 0 Å². The summed E-state index contributed by atoms with van der Waals surface area (Å²) in [6.07, 6.45) is 4.98. The van der Waals surface area contributed by atoms with Gasteiger partial charge < -0.3 is 5.73 Å². The van der Waals surface area contributed by atoms with Gasteiger partial charge in [0, 0.05) is 23.8 Å². The summed E-state index contributed by atoms with van der Waals surface area (Å²) in [5.41, 5.74) is 9.85. The molecule has 4 heteroatoms. The van der Waals surface area contributed by atoms with E-state index in [1.165, 1.54) is 0 Å². The number of aryl methyl sites for hydroxylation is 2. The lowest BCUT2D eigenvalue weighted by Crippen LogP contribution is -2.14. The molecule has 16 heavy (non-hydrogen) atoms. The van der Waals surface area contributed by atoms with Crippen molar-refractivity contribution in [3.8, 4) is 0 Å². The topological polar surface area (TPSA) is 64.7 Å². The molecule has 2 aromatic heterocycles. The maximum atomic E-state index is 6.12. The standard InChI is InChI=1S/C12H14N4/c1-8-5-10(6-9(2)16-8)12(13)11-7-14-3-4-15-11/h3-7,12H,13H2,1-2H3. The number of pyridine rings is 1. The monoisotopic (exact) mass is 214 g/mol. The number of nitrogens with two attached hydrogens (primary N) is 1. The average Bonchev–Trinajstić information content (AvgIpc) is 2.28. The van der Waals surface area contributed by atoms with E-state index in [9.17, 15) is 0 Å². The second-order valence-electron chi connectivity index (χ2n) is 3.79. The number of aromatic nitrogens is 3. The molecule has 0 aliphatic rings. The van der Waals surface area contributed by atoms with E-state index in [4.69, 9.17) is 5.73 Å². The van der Waals surface area contributed by atoms with E-state index in [0.717, 1.165) is 22.6 Å². The minimum atomic E-state index is -0.242. The van der Waals surface area contributed by atoms with Gasteiger partial charge >= 0.3 is 0 Å². The fourth-order valence-electron chi connectivity index (χ4n) is 1.69. The molecule has 2 N–H and O–H groups in total. The highest BCUT2D eigenvalue weighted by Crippen LogP contribution is 2.17. The van der Waals surface area contributed by atoms with Crippen molar-refractivity contribution in [3.63, 3.8) is 0 Å². The Morgan fingerprint density at radius 1 is 1.12 bits per heavy atom. The molecule has 2 heterocycles. The molecular weight excluding hydrogens is 200 g/mol. The van der Waals surface area contributed by atoms with Crippen LogP contribution < -0.4 is 5.73 Å². The molecule has 1 atom stereocenters. The Kier molecular flexibility index (Phi) is 2.92. The average molecular weight is 214 g/mol. The summed E-state index contributed by atoms with van der Waals surface area (Å²) in [7, 11) is 0. The van der Waals surface area contributed by atoms with E-state index in [0.29, 0.717) is 0 Å². The van der Waals surface area contributed by atoms with Crippen LogP contribution in [0.3, 0.4) is 0 Å². The zero-order valence-electron chi connectivity index (χ0n) is 9.38. The van der Waals surface area contributed by atoms with Gasteiger partial charge in [-0.05, 0) is 31.5 Å². The summed E-state index contributed by atoms with van der Waals surface area (Å²) in [6, 6.07) is 3.72. The molecule has 0 spiro atoms. The van der Waals surface area contributed by atoms with Crippen molar-refractivity contribution in [3.05, 3.63) is 53.4 Å². The number of hydrogen-bond donors (Lipinski definition) is 1. The second-order valence-corrected chi connectivity index (χ2v) is 3.79. The molecule has 0 amide bonds. The Bertz CT molecular complexity index is 461. The Morgan fingerprint density at radius 2 is 1.81 bits per heavy atom. The Morgan fingerprint density at radius 3 is 2.38 bits per heavy atom.